The number of hydrazone groups is 1. The molecule has 1 N–H and O–H groups in total. The van der Waals surface area contributed by atoms with Crippen LogP contribution in [0.1, 0.15) is 11.1 Å². The molecule has 1 amide bonds. The zero-order valence-corrected chi connectivity index (χ0v) is 16.9. The second-order valence-electron chi connectivity index (χ2n) is 5.96. The maximum Gasteiger partial charge on any atom is 0.277 e. The minimum Gasteiger partial charge on any atom is -0.489 e. The topological polar surface area (TPSA) is 59.9 Å². The monoisotopic (exact) mass is 428 g/mol. The van der Waals surface area contributed by atoms with Gasteiger partial charge in [-0.1, -0.05) is 53.5 Å². The molecule has 0 heterocycles. The van der Waals surface area contributed by atoms with Crippen molar-refractivity contribution in [2.24, 2.45) is 5.10 Å². The van der Waals surface area contributed by atoms with Crippen LogP contribution in [0.2, 0.25) is 10.0 Å². The minimum atomic E-state index is -0.388. The molecular weight excluding hydrogens is 411 g/mol. The van der Waals surface area contributed by atoms with E-state index >= 15 is 0 Å². The highest BCUT2D eigenvalue weighted by molar-refractivity contribution is 6.32. The Morgan fingerprint density at radius 3 is 2.31 bits per heavy atom. The smallest absolute Gasteiger partial charge is 0.277 e. The third-order valence-corrected chi connectivity index (χ3v) is 4.51. The molecule has 148 valence electrons. The first-order valence-electron chi connectivity index (χ1n) is 8.77. The van der Waals surface area contributed by atoms with Crippen molar-refractivity contribution in [3.63, 3.8) is 0 Å². The van der Waals surface area contributed by atoms with Gasteiger partial charge in [-0.3, -0.25) is 4.79 Å². The molecule has 0 saturated heterocycles. The summed E-state index contributed by atoms with van der Waals surface area (Å²) in [6, 6.07) is 21.8. The summed E-state index contributed by atoms with van der Waals surface area (Å²) in [4.78, 5) is 11.8. The van der Waals surface area contributed by atoms with Crippen molar-refractivity contribution in [1.82, 2.24) is 5.43 Å². The standard InChI is InChI=1S/C22H18Cl2N2O3/c23-19-6-2-1-5-17(19)14-28-18-11-9-16(10-12-18)13-25-26-22(27)15-29-21-8-4-3-7-20(21)24/h1-13H,14-15H2,(H,26,27)/b25-13+. The molecule has 0 spiro atoms. The number of hydrogen-bond donors (Lipinski definition) is 1. The summed E-state index contributed by atoms with van der Waals surface area (Å²) >= 11 is 12.1. The number of para-hydroxylation sites is 1. The normalized spacial score (nSPS) is 10.7. The average molecular weight is 429 g/mol. The molecular formula is C22H18Cl2N2O3. The van der Waals surface area contributed by atoms with Gasteiger partial charge in [-0.25, -0.2) is 5.43 Å². The first kappa shape index (κ1) is 20.7. The summed E-state index contributed by atoms with van der Waals surface area (Å²) in [7, 11) is 0. The largest absolute Gasteiger partial charge is 0.489 e. The third-order valence-electron chi connectivity index (χ3n) is 3.83. The molecule has 5 nitrogen and oxygen atoms in total. The van der Waals surface area contributed by atoms with E-state index in [-0.39, 0.29) is 12.5 Å². The fourth-order valence-corrected chi connectivity index (χ4v) is 2.72. The predicted molar refractivity (Wildman–Crippen MR) is 115 cm³/mol. The predicted octanol–water partition coefficient (Wildman–Crippen LogP) is 5.10. The van der Waals surface area contributed by atoms with Gasteiger partial charge >= 0.3 is 0 Å². The molecule has 0 aliphatic heterocycles. The molecule has 0 radical (unpaired) electrons. The van der Waals surface area contributed by atoms with Crippen molar-refractivity contribution in [3.8, 4) is 11.5 Å². The number of hydrogen-bond acceptors (Lipinski definition) is 4. The van der Waals surface area contributed by atoms with Crippen LogP contribution >= 0.6 is 23.2 Å². The maximum absolute atomic E-state index is 11.8. The van der Waals surface area contributed by atoms with Crippen molar-refractivity contribution >= 4 is 35.3 Å². The number of halogens is 2. The van der Waals surface area contributed by atoms with Gasteiger partial charge in [0.25, 0.3) is 5.91 Å². The van der Waals surface area contributed by atoms with Gasteiger partial charge in [0.1, 0.15) is 18.1 Å². The van der Waals surface area contributed by atoms with Crippen molar-refractivity contribution in [2.75, 3.05) is 6.61 Å². The van der Waals surface area contributed by atoms with Crippen molar-refractivity contribution < 1.29 is 14.3 Å². The summed E-state index contributed by atoms with van der Waals surface area (Å²) in [6.07, 6.45) is 1.53. The van der Waals surface area contributed by atoms with E-state index in [2.05, 4.69) is 10.5 Å². The van der Waals surface area contributed by atoms with Crippen molar-refractivity contribution in [2.45, 2.75) is 6.61 Å². The Morgan fingerprint density at radius 1 is 0.897 bits per heavy atom. The van der Waals surface area contributed by atoms with E-state index in [1.807, 2.05) is 48.5 Å². The van der Waals surface area contributed by atoms with Crippen LogP contribution in [-0.4, -0.2) is 18.7 Å². The van der Waals surface area contributed by atoms with Gasteiger partial charge in [-0.15, -0.1) is 0 Å². The van der Waals surface area contributed by atoms with E-state index < -0.39 is 0 Å². The van der Waals surface area contributed by atoms with Crippen LogP contribution in [0.5, 0.6) is 11.5 Å². The summed E-state index contributed by atoms with van der Waals surface area (Å²) in [5.41, 5.74) is 4.13. The van der Waals surface area contributed by atoms with Crippen LogP contribution < -0.4 is 14.9 Å². The number of amides is 1. The Labute approximate surface area is 178 Å². The van der Waals surface area contributed by atoms with Crippen LogP contribution in [0.4, 0.5) is 0 Å². The van der Waals surface area contributed by atoms with E-state index in [1.165, 1.54) is 6.21 Å². The number of nitrogens with one attached hydrogen (secondary N) is 1. The number of nitrogens with zero attached hydrogens (tertiary/aromatic N) is 1. The Morgan fingerprint density at radius 2 is 1.59 bits per heavy atom. The first-order valence-corrected chi connectivity index (χ1v) is 9.53. The van der Waals surface area contributed by atoms with E-state index in [0.717, 1.165) is 11.1 Å². The lowest BCUT2D eigenvalue weighted by Gasteiger charge is -2.08. The van der Waals surface area contributed by atoms with Gasteiger partial charge in [-0.2, -0.15) is 5.10 Å². The lowest BCUT2D eigenvalue weighted by molar-refractivity contribution is -0.123. The molecule has 0 aliphatic rings. The Hall–Kier alpha value is -3.02. The highest BCUT2D eigenvalue weighted by Crippen LogP contribution is 2.22. The van der Waals surface area contributed by atoms with E-state index in [0.29, 0.717) is 28.2 Å². The third kappa shape index (κ3) is 6.52. The molecule has 0 aromatic heterocycles. The van der Waals surface area contributed by atoms with Crippen molar-refractivity contribution in [3.05, 3.63) is 94.0 Å². The summed E-state index contributed by atoms with van der Waals surface area (Å²) in [5.74, 6) is 0.765. The van der Waals surface area contributed by atoms with Crippen LogP contribution in [-0.2, 0) is 11.4 Å². The van der Waals surface area contributed by atoms with Crippen LogP contribution in [0, 0.1) is 0 Å². The fourth-order valence-electron chi connectivity index (χ4n) is 2.34. The molecule has 0 aliphatic carbocycles. The number of ether oxygens (including phenoxy) is 2. The lowest BCUT2D eigenvalue weighted by Crippen LogP contribution is -2.24. The summed E-state index contributed by atoms with van der Waals surface area (Å²) < 4.78 is 11.1. The number of carbonyl (C=O) groups is 1. The molecule has 0 saturated carbocycles. The number of benzene rings is 3. The van der Waals surface area contributed by atoms with Gasteiger partial charge in [0, 0.05) is 10.6 Å². The zero-order valence-electron chi connectivity index (χ0n) is 15.3. The molecule has 29 heavy (non-hydrogen) atoms. The van der Waals surface area contributed by atoms with Gasteiger partial charge in [-0.05, 0) is 48.0 Å². The SMILES string of the molecule is O=C(COc1ccccc1Cl)N/N=C/c1ccc(OCc2ccccc2Cl)cc1. The minimum absolute atomic E-state index is 0.185. The quantitative estimate of drug-likeness (QED) is 0.400. The molecule has 7 heteroatoms. The van der Waals surface area contributed by atoms with E-state index in [4.69, 9.17) is 32.7 Å². The van der Waals surface area contributed by atoms with Crippen molar-refractivity contribution in [1.29, 1.82) is 0 Å². The lowest BCUT2D eigenvalue weighted by atomic mass is 10.2. The van der Waals surface area contributed by atoms with Crippen LogP contribution in [0.25, 0.3) is 0 Å². The van der Waals surface area contributed by atoms with Gasteiger partial charge in [0.15, 0.2) is 6.61 Å². The Kier molecular flexibility index (Phi) is 7.50. The summed E-state index contributed by atoms with van der Waals surface area (Å²) in [5, 5.41) is 5.03. The van der Waals surface area contributed by atoms with Gasteiger partial charge < -0.3 is 9.47 Å². The molecule has 3 rings (SSSR count). The zero-order chi connectivity index (χ0) is 20.5. The van der Waals surface area contributed by atoms with Crippen LogP contribution in [0.15, 0.2) is 77.9 Å². The van der Waals surface area contributed by atoms with E-state index in [9.17, 15) is 4.79 Å². The molecule has 0 unspecified atom stereocenters. The fraction of sp³-hybridized carbons (Fsp3) is 0.0909. The molecule has 3 aromatic carbocycles. The van der Waals surface area contributed by atoms with E-state index in [1.54, 1.807) is 24.3 Å². The highest BCUT2D eigenvalue weighted by Gasteiger charge is 2.04. The Balaban J connectivity index is 1.44. The van der Waals surface area contributed by atoms with Gasteiger partial charge in [0.2, 0.25) is 0 Å². The first-order chi connectivity index (χ1) is 14.1. The maximum atomic E-state index is 11.8. The highest BCUT2D eigenvalue weighted by atomic mass is 35.5. The molecule has 0 atom stereocenters. The van der Waals surface area contributed by atoms with Crippen LogP contribution in [0.3, 0.4) is 0 Å². The molecule has 3 aromatic rings. The number of carbonyl (C=O) groups excluding carboxylic acids is 1. The molecule has 0 fully saturated rings. The summed E-state index contributed by atoms with van der Waals surface area (Å²) in [6.45, 7) is 0.199. The Bertz CT molecular complexity index is 991. The number of rotatable bonds is 8. The average Bonchev–Trinajstić information content (AvgIpc) is 2.73. The second kappa shape index (κ2) is 10.5. The van der Waals surface area contributed by atoms with Gasteiger partial charge in [0.05, 0.1) is 11.2 Å². The molecule has 0 bridgehead atoms. The second-order valence-corrected chi connectivity index (χ2v) is 6.78.